The summed E-state index contributed by atoms with van der Waals surface area (Å²) in [4.78, 5) is 23.8. The summed E-state index contributed by atoms with van der Waals surface area (Å²) in [5, 5.41) is 3.31. The largest absolute Gasteiger partial charge is 0.450 e. The van der Waals surface area contributed by atoms with Crippen molar-refractivity contribution in [1.82, 2.24) is 5.32 Å². The molecule has 0 saturated heterocycles. The zero-order chi connectivity index (χ0) is 17.7. The van der Waals surface area contributed by atoms with Crippen molar-refractivity contribution in [2.75, 3.05) is 6.61 Å². The van der Waals surface area contributed by atoms with Crippen LogP contribution in [0.4, 0.5) is 0 Å². The van der Waals surface area contributed by atoms with E-state index in [4.69, 9.17) is 20.8 Å². The Morgan fingerprint density at radius 1 is 1.21 bits per heavy atom. The van der Waals surface area contributed by atoms with Gasteiger partial charge in [0.15, 0.2) is 6.61 Å². The molecule has 128 valence electrons. The number of nitrogens with one attached hydrogen (secondary N) is 1. The molecule has 0 spiro atoms. The molecule has 1 aromatic carbocycles. The average Bonchev–Trinajstić information content (AvgIpc) is 3.02. The molecule has 0 saturated carbocycles. The molecule has 1 N–H and O–H groups in total. The molecule has 0 aliphatic carbocycles. The number of furan rings is 1. The molecule has 0 aliphatic heterocycles. The fraction of sp³-hybridized carbons (Fsp3) is 0.333. The highest BCUT2D eigenvalue weighted by Crippen LogP contribution is 2.29. The smallest absolute Gasteiger partial charge is 0.374 e. The van der Waals surface area contributed by atoms with Crippen LogP contribution in [0.2, 0.25) is 5.02 Å². The van der Waals surface area contributed by atoms with Crippen molar-refractivity contribution in [3.63, 3.8) is 0 Å². The third-order valence-electron chi connectivity index (χ3n) is 3.64. The Labute approximate surface area is 145 Å². The van der Waals surface area contributed by atoms with E-state index in [2.05, 4.69) is 5.32 Å². The second-order valence-corrected chi connectivity index (χ2v) is 6.41. The second kappa shape index (κ2) is 7.53. The molecule has 0 bridgehead atoms. The number of ether oxygens (including phenoxy) is 1. The maximum Gasteiger partial charge on any atom is 0.374 e. The van der Waals surface area contributed by atoms with Gasteiger partial charge in [0.05, 0.1) is 5.02 Å². The Bertz CT molecular complexity index is 736. The van der Waals surface area contributed by atoms with Crippen LogP contribution in [0.1, 0.15) is 37.7 Å². The number of halogens is 1. The Kier molecular flexibility index (Phi) is 5.67. The minimum Gasteiger partial charge on any atom is -0.450 e. The second-order valence-electron chi connectivity index (χ2n) is 6.01. The highest BCUT2D eigenvalue weighted by atomic mass is 35.5. The number of rotatable bonds is 6. The summed E-state index contributed by atoms with van der Waals surface area (Å²) in [6, 6.07) is 10.3. The highest BCUT2D eigenvalue weighted by Gasteiger charge is 2.20. The Morgan fingerprint density at radius 2 is 1.92 bits per heavy atom. The van der Waals surface area contributed by atoms with Crippen LogP contribution in [0.3, 0.4) is 0 Å². The lowest BCUT2D eigenvalue weighted by molar-refractivity contribution is -0.125. The number of amides is 1. The van der Waals surface area contributed by atoms with E-state index in [0.29, 0.717) is 16.3 Å². The van der Waals surface area contributed by atoms with E-state index in [0.717, 1.165) is 6.42 Å². The summed E-state index contributed by atoms with van der Waals surface area (Å²) >= 11 is 6.10. The van der Waals surface area contributed by atoms with Gasteiger partial charge in [-0.05, 0) is 44.5 Å². The Hall–Kier alpha value is -2.27. The predicted molar refractivity (Wildman–Crippen MR) is 91.9 cm³/mol. The molecular formula is C18H20ClNO4. The third-order valence-corrected chi connectivity index (χ3v) is 3.97. The Morgan fingerprint density at radius 3 is 2.58 bits per heavy atom. The molecule has 2 aromatic rings. The summed E-state index contributed by atoms with van der Waals surface area (Å²) in [7, 11) is 0. The van der Waals surface area contributed by atoms with Crippen molar-refractivity contribution in [3.05, 3.63) is 47.2 Å². The Balaban J connectivity index is 1.97. The summed E-state index contributed by atoms with van der Waals surface area (Å²) in [6.45, 7) is 5.40. The minimum atomic E-state index is -0.697. The number of hydrogen-bond donors (Lipinski definition) is 1. The molecule has 5 nitrogen and oxygen atoms in total. The van der Waals surface area contributed by atoms with Gasteiger partial charge in [0.25, 0.3) is 5.91 Å². The lowest BCUT2D eigenvalue weighted by atomic mass is 10.0. The lowest BCUT2D eigenvalue weighted by Gasteiger charge is -2.24. The molecule has 0 atom stereocenters. The molecule has 0 radical (unpaired) electrons. The van der Waals surface area contributed by atoms with Gasteiger partial charge in [-0.2, -0.15) is 0 Å². The first-order chi connectivity index (χ1) is 11.3. The van der Waals surface area contributed by atoms with Crippen molar-refractivity contribution < 1.29 is 18.7 Å². The van der Waals surface area contributed by atoms with Crippen molar-refractivity contribution >= 4 is 23.5 Å². The number of carbonyl (C=O) groups is 2. The minimum absolute atomic E-state index is 0.0208. The summed E-state index contributed by atoms with van der Waals surface area (Å²) < 4.78 is 10.5. The fourth-order valence-corrected chi connectivity index (χ4v) is 2.19. The summed E-state index contributed by atoms with van der Waals surface area (Å²) in [5.41, 5.74) is 0.339. The van der Waals surface area contributed by atoms with E-state index in [1.807, 2.05) is 26.8 Å². The van der Waals surface area contributed by atoms with Gasteiger partial charge in [-0.25, -0.2) is 4.79 Å². The van der Waals surface area contributed by atoms with Gasteiger partial charge in [0.2, 0.25) is 5.76 Å². The number of esters is 1. The van der Waals surface area contributed by atoms with E-state index < -0.39 is 5.97 Å². The standard InChI is InChI=1S/C18H20ClNO4/c1-4-18(2,3)20-16(21)11-23-17(22)15-10-9-14(24-15)12-7-5-6-8-13(12)19/h5-10H,4,11H2,1-3H3,(H,20,21). The zero-order valence-electron chi connectivity index (χ0n) is 13.9. The van der Waals surface area contributed by atoms with Gasteiger partial charge < -0.3 is 14.5 Å². The highest BCUT2D eigenvalue weighted by molar-refractivity contribution is 6.33. The van der Waals surface area contributed by atoms with Gasteiger partial charge in [0.1, 0.15) is 5.76 Å². The van der Waals surface area contributed by atoms with Crippen LogP contribution in [0.25, 0.3) is 11.3 Å². The van der Waals surface area contributed by atoms with E-state index in [9.17, 15) is 9.59 Å². The molecule has 0 aliphatic rings. The number of benzene rings is 1. The van der Waals surface area contributed by atoms with E-state index in [1.54, 1.807) is 24.3 Å². The molecular weight excluding hydrogens is 330 g/mol. The summed E-state index contributed by atoms with van der Waals surface area (Å²) in [6.07, 6.45) is 0.770. The van der Waals surface area contributed by atoms with Crippen molar-refractivity contribution in [2.45, 2.75) is 32.7 Å². The molecule has 0 unspecified atom stereocenters. The van der Waals surface area contributed by atoms with Crippen LogP contribution in [0.5, 0.6) is 0 Å². The maximum absolute atomic E-state index is 12.0. The molecule has 1 aromatic heterocycles. The van der Waals surface area contributed by atoms with E-state index in [-0.39, 0.29) is 23.8 Å². The van der Waals surface area contributed by atoms with Gasteiger partial charge in [-0.15, -0.1) is 0 Å². The van der Waals surface area contributed by atoms with Crippen molar-refractivity contribution in [3.8, 4) is 11.3 Å². The molecule has 1 amide bonds. The predicted octanol–water partition coefficient (Wildman–Crippen LogP) is 4.06. The molecule has 0 fully saturated rings. The number of carbonyl (C=O) groups excluding carboxylic acids is 2. The van der Waals surface area contributed by atoms with E-state index >= 15 is 0 Å². The molecule has 1 heterocycles. The molecule has 6 heteroatoms. The van der Waals surface area contributed by atoms with Crippen LogP contribution < -0.4 is 5.32 Å². The van der Waals surface area contributed by atoms with Gasteiger partial charge >= 0.3 is 5.97 Å². The quantitative estimate of drug-likeness (QED) is 0.798. The SMILES string of the molecule is CCC(C)(C)NC(=O)COC(=O)c1ccc(-c2ccccc2Cl)o1. The van der Waals surface area contributed by atoms with Gasteiger partial charge in [-0.3, -0.25) is 4.79 Å². The fourth-order valence-electron chi connectivity index (χ4n) is 1.96. The summed E-state index contributed by atoms with van der Waals surface area (Å²) in [5.74, 6) is -0.567. The van der Waals surface area contributed by atoms with Crippen LogP contribution in [-0.4, -0.2) is 24.0 Å². The van der Waals surface area contributed by atoms with Crippen molar-refractivity contribution in [2.24, 2.45) is 0 Å². The van der Waals surface area contributed by atoms with Gasteiger partial charge in [-0.1, -0.05) is 30.7 Å². The maximum atomic E-state index is 12.0. The van der Waals surface area contributed by atoms with Crippen molar-refractivity contribution in [1.29, 1.82) is 0 Å². The monoisotopic (exact) mass is 349 g/mol. The normalized spacial score (nSPS) is 11.2. The molecule has 24 heavy (non-hydrogen) atoms. The number of hydrogen-bond acceptors (Lipinski definition) is 4. The van der Waals surface area contributed by atoms with Crippen LogP contribution in [0, 0.1) is 0 Å². The first-order valence-electron chi connectivity index (χ1n) is 7.65. The first kappa shape index (κ1) is 18.1. The van der Waals surface area contributed by atoms with E-state index in [1.165, 1.54) is 6.07 Å². The van der Waals surface area contributed by atoms with Gasteiger partial charge in [0, 0.05) is 11.1 Å². The van der Waals surface area contributed by atoms with Crippen LogP contribution in [-0.2, 0) is 9.53 Å². The topological polar surface area (TPSA) is 68.5 Å². The average molecular weight is 350 g/mol. The lowest BCUT2D eigenvalue weighted by Crippen LogP contribution is -2.44. The first-order valence-corrected chi connectivity index (χ1v) is 8.03. The third kappa shape index (κ3) is 4.61. The molecule has 2 rings (SSSR count). The van der Waals surface area contributed by atoms with Crippen LogP contribution in [0.15, 0.2) is 40.8 Å². The zero-order valence-corrected chi connectivity index (χ0v) is 14.6. The van der Waals surface area contributed by atoms with Crippen LogP contribution >= 0.6 is 11.6 Å².